The van der Waals surface area contributed by atoms with Gasteiger partial charge in [0, 0.05) is 30.2 Å². The lowest BCUT2D eigenvalue weighted by Crippen LogP contribution is -2.28. The summed E-state index contributed by atoms with van der Waals surface area (Å²) in [5.74, 6) is 0. The van der Waals surface area contributed by atoms with Crippen LogP contribution in [-0.2, 0) is 14.3 Å². The summed E-state index contributed by atoms with van der Waals surface area (Å²) in [4.78, 5) is 1.02. The van der Waals surface area contributed by atoms with Gasteiger partial charge in [-0.1, -0.05) is 78.3 Å². The van der Waals surface area contributed by atoms with E-state index < -0.39 is 5.41 Å². The minimum Gasteiger partial charge on any atom is -0.434 e. The van der Waals surface area contributed by atoms with E-state index in [4.69, 9.17) is 19.1 Å². The molecule has 4 nitrogen and oxygen atoms in total. The lowest BCUT2D eigenvalue weighted by molar-refractivity contribution is 0.221. The number of benzene rings is 4. The Labute approximate surface area is 216 Å². The minimum atomic E-state index is -0.424. The SMILES string of the molecule is OCCCOBc1ccc2c(c1)C1(c3ccccc3-c3ccccc31)c1cc(SOCCO)ccc1-2. The molecule has 1 spiro atoms. The first-order chi connectivity index (χ1) is 17.8. The predicted octanol–water partition coefficient (Wildman–Crippen LogP) is 4.42. The van der Waals surface area contributed by atoms with E-state index in [1.165, 1.54) is 56.6 Å². The highest BCUT2D eigenvalue weighted by Crippen LogP contribution is 2.62. The van der Waals surface area contributed by atoms with E-state index in [1.54, 1.807) is 0 Å². The summed E-state index contributed by atoms with van der Waals surface area (Å²) in [5, 5.41) is 18.3. The molecular weight excluding hydrogens is 467 g/mol. The van der Waals surface area contributed by atoms with Gasteiger partial charge in [-0.05, 0) is 63.1 Å². The Morgan fingerprint density at radius 2 is 1.31 bits per heavy atom. The second kappa shape index (κ2) is 9.89. The lowest BCUT2D eigenvalue weighted by Gasteiger charge is -2.31. The number of hydrogen-bond acceptors (Lipinski definition) is 5. The van der Waals surface area contributed by atoms with Crippen LogP contribution in [0.25, 0.3) is 22.3 Å². The molecule has 0 atom stereocenters. The van der Waals surface area contributed by atoms with Crippen molar-refractivity contribution in [3.8, 4) is 22.3 Å². The van der Waals surface area contributed by atoms with Crippen molar-refractivity contribution in [2.45, 2.75) is 16.7 Å². The smallest absolute Gasteiger partial charge is 0.308 e. The average Bonchev–Trinajstić information content (AvgIpc) is 3.38. The number of fused-ring (bicyclic) bond motifs is 10. The van der Waals surface area contributed by atoms with Gasteiger partial charge < -0.3 is 19.1 Å². The molecule has 6 rings (SSSR count). The molecule has 4 aromatic rings. The summed E-state index contributed by atoms with van der Waals surface area (Å²) < 4.78 is 11.5. The lowest BCUT2D eigenvalue weighted by atomic mass is 9.69. The molecule has 0 bridgehead atoms. The molecule has 0 saturated carbocycles. The van der Waals surface area contributed by atoms with Gasteiger partial charge in [-0.15, -0.1) is 0 Å². The molecule has 0 saturated heterocycles. The quantitative estimate of drug-likeness (QED) is 0.177. The molecule has 0 heterocycles. The van der Waals surface area contributed by atoms with Gasteiger partial charge >= 0.3 is 7.48 Å². The minimum absolute atomic E-state index is 0.00276. The second-order valence-electron chi connectivity index (χ2n) is 9.19. The van der Waals surface area contributed by atoms with Gasteiger partial charge in [-0.25, -0.2) is 0 Å². The van der Waals surface area contributed by atoms with Crippen molar-refractivity contribution in [1.29, 1.82) is 0 Å². The normalized spacial score (nSPS) is 13.8. The summed E-state index contributed by atoms with van der Waals surface area (Å²) in [6.45, 7) is 0.966. The third-order valence-corrected chi connectivity index (χ3v) is 7.90. The van der Waals surface area contributed by atoms with Crippen LogP contribution in [0.5, 0.6) is 0 Å². The number of hydrogen-bond donors (Lipinski definition) is 2. The van der Waals surface area contributed by atoms with Crippen molar-refractivity contribution in [1.82, 2.24) is 0 Å². The predicted molar refractivity (Wildman–Crippen MR) is 146 cm³/mol. The fourth-order valence-corrected chi connectivity index (χ4v) is 6.39. The van der Waals surface area contributed by atoms with E-state index in [0.29, 0.717) is 27.1 Å². The standard InChI is InChI=1S/C30H27BO4S/c32-14-5-16-34-31-20-10-12-24-25-13-11-21(36-35-17-15-33)19-29(25)30(28(24)18-20)26-8-3-1-6-22(26)23-7-2-4-9-27(23)30/h1-4,6-13,18-19,31-33H,5,14-17H2. The average molecular weight is 494 g/mol. The zero-order valence-electron chi connectivity index (χ0n) is 19.9. The van der Waals surface area contributed by atoms with Gasteiger partial charge in [0.15, 0.2) is 0 Å². The Balaban J connectivity index is 1.56. The molecule has 0 aromatic heterocycles. The fourth-order valence-electron chi connectivity index (χ4n) is 5.81. The summed E-state index contributed by atoms with van der Waals surface area (Å²) in [7, 11) is 0.513. The van der Waals surface area contributed by atoms with E-state index in [9.17, 15) is 0 Å². The van der Waals surface area contributed by atoms with Crippen LogP contribution in [0.4, 0.5) is 0 Å². The first kappa shape index (κ1) is 23.5. The maximum Gasteiger partial charge on any atom is 0.308 e. The van der Waals surface area contributed by atoms with Crippen molar-refractivity contribution >= 4 is 25.0 Å². The van der Waals surface area contributed by atoms with Gasteiger partial charge in [0.05, 0.1) is 18.6 Å². The largest absolute Gasteiger partial charge is 0.434 e. The summed E-state index contributed by atoms with van der Waals surface area (Å²) in [6.07, 6.45) is 0.639. The Morgan fingerprint density at radius 1 is 0.667 bits per heavy atom. The van der Waals surface area contributed by atoms with Gasteiger partial charge in [-0.3, -0.25) is 0 Å². The zero-order chi connectivity index (χ0) is 24.5. The van der Waals surface area contributed by atoms with Crippen LogP contribution in [0.2, 0.25) is 0 Å². The van der Waals surface area contributed by atoms with Crippen LogP contribution < -0.4 is 5.46 Å². The first-order valence-corrected chi connectivity index (χ1v) is 13.1. The van der Waals surface area contributed by atoms with Crippen molar-refractivity contribution in [2.75, 3.05) is 26.4 Å². The molecule has 6 heteroatoms. The summed E-state index contributed by atoms with van der Waals surface area (Å²) in [5.41, 5.74) is 10.8. The Kier molecular flexibility index (Phi) is 6.46. The number of aliphatic hydroxyl groups is 2. The monoisotopic (exact) mass is 494 g/mol. The molecule has 0 amide bonds. The van der Waals surface area contributed by atoms with Gasteiger partial charge in [0.2, 0.25) is 0 Å². The molecule has 2 aliphatic rings. The van der Waals surface area contributed by atoms with E-state index in [2.05, 4.69) is 84.9 Å². The first-order valence-electron chi connectivity index (χ1n) is 12.4. The Morgan fingerprint density at radius 3 is 2.00 bits per heavy atom. The molecular formula is C30H27BO4S. The van der Waals surface area contributed by atoms with Crippen LogP contribution in [-0.4, -0.2) is 44.1 Å². The molecule has 0 unspecified atom stereocenters. The van der Waals surface area contributed by atoms with E-state index in [-0.39, 0.29) is 13.2 Å². The number of rotatable bonds is 9. The maximum absolute atomic E-state index is 9.16. The van der Waals surface area contributed by atoms with Gasteiger partial charge in [0.25, 0.3) is 0 Å². The maximum atomic E-state index is 9.16. The second-order valence-corrected chi connectivity index (χ2v) is 10.1. The molecule has 4 aromatic carbocycles. The zero-order valence-corrected chi connectivity index (χ0v) is 20.8. The highest BCUT2D eigenvalue weighted by Gasteiger charge is 2.51. The van der Waals surface area contributed by atoms with Crippen LogP contribution in [0.1, 0.15) is 28.7 Å². The van der Waals surface area contributed by atoms with Crippen LogP contribution >= 0.6 is 12.0 Å². The summed E-state index contributed by atoms with van der Waals surface area (Å²) in [6, 6.07) is 30.7. The third-order valence-electron chi connectivity index (χ3n) is 7.17. The Bertz CT molecular complexity index is 1370. The van der Waals surface area contributed by atoms with Crippen LogP contribution in [0.15, 0.2) is 89.8 Å². The van der Waals surface area contributed by atoms with E-state index >= 15 is 0 Å². The molecule has 0 radical (unpaired) electrons. The van der Waals surface area contributed by atoms with Crippen molar-refractivity contribution in [3.63, 3.8) is 0 Å². The molecule has 180 valence electrons. The molecule has 2 aliphatic carbocycles. The fraction of sp³-hybridized carbons (Fsp3) is 0.200. The van der Waals surface area contributed by atoms with E-state index in [1.807, 2.05) is 0 Å². The van der Waals surface area contributed by atoms with Crippen LogP contribution in [0.3, 0.4) is 0 Å². The topological polar surface area (TPSA) is 58.9 Å². The number of aliphatic hydroxyl groups excluding tert-OH is 2. The van der Waals surface area contributed by atoms with Crippen molar-refractivity contribution < 1.29 is 19.1 Å². The highest BCUT2D eigenvalue weighted by molar-refractivity contribution is 7.94. The van der Waals surface area contributed by atoms with Crippen molar-refractivity contribution in [3.05, 3.63) is 107 Å². The van der Waals surface area contributed by atoms with Gasteiger partial charge in [0.1, 0.15) is 0 Å². The molecule has 36 heavy (non-hydrogen) atoms. The Hall–Kier alpha value is -2.87. The molecule has 0 fully saturated rings. The summed E-state index contributed by atoms with van der Waals surface area (Å²) >= 11 is 1.31. The van der Waals surface area contributed by atoms with Crippen LogP contribution in [0, 0.1) is 0 Å². The molecule has 2 N–H and O–H groups in total. The van der Waals surface area contributed by atoms with Gasteiger partial charge in [-0.2, -0.15) is 0 Å². The highest BCUT2D eigenvalue weighted by atomic mass is 32.2. The van der Waals surface area contributed by atoms with Crippen molar-refractivity contribution in [2.24, 2.45) is 0 Å². The third kappa shape index (κ3) is 3.64. The van der Waals surface area contributed by atoms with E-state index in [0.717, 1.165) is 10.4 Å². The molecule has 0 aliphatic heterocycles.